The van der Waals surface area contributed by atoms with Crippen molar-refractivity contribution in [3.8, 4) is 0 Å². The van der Waals surface area contributed by atoms with Gasteiger partial charge in [-0.1, -0.05) is 172 Å². The average molecular weight is 503 g/mol. The van der Waals surface area contributed by atoms with Gasteiger partial charge in [-0.05, 0) is 51.0 Å². The summed E-state index contributed by atoms with van der Waals surface area (Å²) in [7, 11) is 0. The van der Waals surface area contributed by atoms with Gasteiger partial charge in [0.15, 0.2) is 0 Å². The molecule has 0 bridgehead atoms. The van der Waals surface area contributed by atoms with Crippen molar-refractivity contribution in [3.05, 3.63) is 217 Å². The predicted octanol–water partition coefficient (Wildman–Crippen LogP) is 9.70. The second kappa shape index (κ2) is 11.0. The predicted molar refractivity (Wildman–Crippen MR) is 168 cm³/mol. The smallest absolute Gasteiger partial charge is 0.0707 e. The van der Waals surface area contributed by atoms with Crippen LogP contribution in [0.15, 0.2) is 200 Å². The summed E-state index contributed by atoms with van der Waals surface area (Å²) in [5.41, 5.74) is 7.47. The summed E-state index contributed by atoms with van der Waals surface area (Å²) in [5.74, 6) is 0. The molecule has 2 aliphatic carbocycles. The van der Waals surface area contributed by atoms with Crippen LogP contribution in [0.3, 0.4) is 0 Å². The molecule has 0 radical (unpaired) electrons. The second-order valence-electron chi connectivity index (χ2n) is 9.82. The molecule has 0 nitrogen and oxygen atoms in total. The quantitative estimate of drug-likeness (QED) is 0.302. The van der Waals surface area contributed by atoms with Crippen LogP contribution in [-0.4, -0.2) is 0 Å². The van der Waals surface area contributed by atoms with Crippen LogP contribution in [0.4, 0.5) is 0 Å². The zero-order chi connectivity index (χ0) is 27.3. The Kier molecular flexibility index (Phi) is 7.30. The van der Waals surface area contributed by atoms with Crippen molar-refractivity contribution in [1.82, 2.24) is 0 Å². The molecule has 39 heavy (non-hydrogen) atoms. The Balaban J connectivity index is 2.07. The Labute approximate surface area is 233 Å². The summed E-state index contributed by atoms with van der Waals surface area (Å²) in [5, 5.41) is 0. The highest BCUT2D eigenvalue weighted by Gasteiger charge is 2.55. The summed E-state index contributed by atoms with van der Waals surface area (Å²) in [6.45, 7) is 17.9. The Bertz CT molecular complexity index is 1510. The summed E-state index contributed by atoms with van der Waals surface area (Å²) in [6.07, 6.45) is 20.0. The Morgan fingerprint density at radius 3 is 1.59 bits per heavy atom. The maximum absolute atomic E-state index is 4.92. The van der Waals surface area contributed by atoms with Gasteiger partial charge in [-0.2, -0.15) is 0 Å². The molecule has 0 fully saturated rings. The molecule has 0 aromatic heterocycles. The van der Waals surface area contributed by atoms with E-state index in [0.717, 1.165) is 51.0 Å². The van der Waals surface area contributed by atoms with Crippen molar-refractivity contribution in [3.63, 3.8) is 0 Å². The maximum atomic E-state index is 4.92. The normalized spacial score (nSPS) is 21.3. The first-order valence-electron chi connectivity index (χ1n) is 13.4. The van der Waals surface area contributed by atoms with E-state index in [1.165, 1.54) is 0 Å². The van der Waals surface area contributed by atoms with Gasteiger partial charge in [0, 0.05) is 0 Å². The average Bonchev–Trinajstić information content (AvgIpc) is 3.29. The molecule has 0 aliphatic heterocycles. The molecule has 1 atom stereocenters. The fraction of sp³-hybridized carbons (Fsp3) is 0.0769. The minimum absolute atomic E-state index is 0.671. The SMILES string of the molecule is C=C/C=C1\C(=C)C(c2ccccc2)(c2ccccc2)C(C=C)=C(C=C)C1(C1=CC=CCC=C1)c1ccccc1. The number of rotatable bonds is 7. The Morgan fingerprint density at radius 2 is 1.10 bits per heavy atom. The van der Waals surface area contributed by atoms with E-state index in [1.54, 1.807) is 0 Å². The molecule has 1 unspecified atom stereocenters. The van der Waals surface area contributed by atoms with Crippen LogP contribution in [-0.2, 0) is 10.8 Å². The number of allylic oxidation sites excluding steroid dienone is 14. The first-order chi connectivity index (χ1) is 19.2. The lowest BCUT2D eigenvalue weighted by Gasteiger charge is -2.53. The lowest BCUT2D eigenvalue weighted by atomic mass is 9.48. The highest BCUT2D eigenvalue weighted by molar-refractivity contribution is 5.79. The standard InChI is InChI=1S/C39H34/c1-5-21-37-30(4)38(31-22-15-10-16-23-31,32-24-17-11-18-25-32)35(6-2)36(7-3)39(37,34-28-19-12-20-29-34)33-26-13-8-9-14-27-33/h5-8,10-29H,1-4,9H2/b37-21+. The van der Waals surface area contributed by atoms with Gasteiger partial charge in [0.2, 0.25) is 0 Å². The lowest BCUT2D eigenvalue weighted by Crippen LogP contribution is -2.46. The van der Waals surface area contributed by atoms with E-state index >= 15 is 0 Å². The van der Waals surface area contributed by atoms with Crippen LogP contribution < -0.4 is 0 Å². The molecule has 0 spiro atoms. The number of hydrogen-bond acceptors (Lipinski definition) is 0. The minimum atomic E-state index is -0.675. The molecule has 0 saturated heterocycles. The highest BCUT2D eigenvalue weighted by atomic mass is 14.6. The topological polar surface area (TPSA) is 0 Å². The molecule has 3 aromatic carbocycles. The van der Waals surface area contributed by atoms with E-state index in [4.69, 9.17) is 6.58 Å². The first kappa shape index (κ1) is 25.9. The maximum Gasteiger partial charge on any atom is 0.0707 e. The van der Waals surface area contributed by atoms with Crippen LogP contribution in [0.5, 0.6) is 0 Å². The molecular formula is C39H34. The molecule has 0 heteroatoms. The van der Waals surface area contributed by atoms with Gasteiger partial charge in [0.25, 0.3) is 0 Å². The van der Waals surface area contributed by atoms with Gasteiger partial charge >= 0.3 is 0 Å². The van der Waals surface area contributed by atoms with E-state index in [9.17, 15) is 0 Å². The summed E-state index contributed by atoms with van der Waals surface area (Å²) < 4.78 is 0. The van der Waals surface area contributed by atoms with Crippen molar-refractivity contribution in [2.75, 3.05) is 0 Å². The minimum Gasteiger partial charge on any atom is -0.0991 e. The summed E-state index contributed by atoms with van der Waals surface area (Å²) in [4.78, 5) is 0. The fourth-order valence-electron chi connectivity index (χ4n) is 6.52. The van der Waals surface area contributed by atoms with Crippen LogP contribution >= 0.6 is 0 Å². The third-order valence-corrected chi connectivity index (χ3v) is 8.01. The van der Waals surface area contributed by atoms with Gasteiger partial charge in [-0.25, -0.2) is 0 Å². The molecule has 190 valence electrons. The lowest BCUT2D eigenvalue weighted by molar-refractivity contribution is 0.605. The third-order valence-electron chi connectivity index (χ3n) is 8.01. The zero-order valence-electron chi connectivity index (χ0n) is 22.4. The van der Waals surface area contributed by atoms with Crippen molar-refractivity contribution >= 4 is 0 Å². The van der Waals surface area contributed by atoms with E-state index in [-0.39, 0.29) is 0 Å². The third kappa shape index (κ3) is 3.92. The highest BCUT2D eigenvalue weighted by Crippen LogP contribution is 2.62. The fourth-order valence-corrected chi connectivity index (χ4v) is 6.52. The number of benzene rings is 3. The monoisotopic (exact) mass is 502 g/mol. The molecule has 0 saturated carbocycles. The molecule has 0 amide bonds. The molecule has 3 aromatic rings. The summed E-state index contributed by atoms with van der Waals surface area (Å²) in [6, 6.07) is 31.9. The van der Waals surface area contributed by atoms with Gasteiger partial charge in [0.05, 0.1) is 10.8 Å². The van der Waals surface area contributed by atoms with E-state index in [2.05, 4.69) is 147 Å². The van der Waals surface area contributed by atoms with Crippen molar-refractivity contribution in [1.29, 1.82) is 0 Å². The first-order valence-corrected chi connectivity index (χ1v) is 13.4. The largest absolute Gasteiger partial charge is 0.0991 e. The second-order valence-corrected chi connectivity index (χ2v) is 9.82. The van der Waals surface area contributed by atoms with Gasteiger partial charge in [-0.3, -0.25) is 0 Å². The molecule has 2 aliphatic rings. The van der Waals surface area contributed by atoms with E-state index in [1.807, 2.05) is 18.2 Å². The van der Waals surface area contributed by atoms with E-state index < -0.39 is 10.8 Å². The van der Waals surface area contributed by atoms with Crippen LogP contribution in [0, 0.1) is 0 Å². The molecule has 0 heterocycles. The van der Waals surface area contributed by atoms with Crippen molar-refractivity contribution < 1.29 is 0 Å². The van der Waals surface area contributed by atoms with Crippen LogP contribution in [0.25, 0.3) is 0 Å². The van der Waals surface area contributed by atoms with Crippen LogP contribution in [0.1, 0.15) is 23.1 Å². The number of hydrogen-bond donors (Lipinski definition) is 0. The molecule has 0 N–H and O–H groups in total. The Morgan fingerprint density at radius 1 is 0.615 bits per heavy atom. The van der Waals surface area contributed by atoms with Crippen molar-refractivity contribution in [2.24, 2.45) is 0 Å². The zero-order valence-corrected chi connectivity index (χ0v) is 22.4. The molecular weight excluding hydrogens is 468 g/mol. The molecule has 5 rings (SSSR count). The summed E-state index contributed by atoms with van der Waals surface area (Å²) >= 11 is 0. The van der Waals surface area contributed by atoms with E-state index in [0.29, 0.717) is 0 Å². The van der Waals surface area contributed by atoms with Gasteiger partial charge < -0.3 is 0 Å². The van der Waals surface area contributed by atoms with Crippen LogP contribution in [0.2, 0.25) is 0 Å². The Hall–Kier alpha value is -4.68. The van der Waals surface area contributed by atoms with Gasteiger partial charge in [-0.15, -0.1) is 0 Å². The van der Waals surface area contributed by atoms with Gasteiger partial charge in [0.1, 0.15) is 0 Å². The van der Waals surface area contributed by atoms with Crippen molar-refractivity contribution in [2.45, 2.75) is 17.3 Å².